The lowest BCUT2D eigenvalue weighted by atomic mass is 10.0. The second-order valence-electron chi connectivity index (χ2n) is 7.63. The molecule has 0 aliphatic rings. The molecule has 0 unspecified atom stereocenters. The molecule has 6 aromatic rings. The zero-order valence-electron chi connectivity index (χ0n) is 16.8. The Morgan fingerprint density at radius 1 is 0.767 bits per heavy atom. The first-order chi connectivity index (χ1) is 14.7. The number of rotatable bonds is 2. The van der Waals surface area contributed by atoms with Gasteiger partial charge in [-0.15, -0.1) is 0 Å². The van der Waals surface area contributed by atoms with Crippen molar-refractivity contribution < 1.29 is 4.42 Å². The SMILES string of the molecule is Cc1ccc2nc(-c3ccc(C)c4c3oc3ccccc34)n(-c3ccccc3)c2n1. The monoisotopic (exact) mass is 389 g/mol. The topological polar surface area (TPSA) is 43.9 Å². The van der Waals surface area contributed by atoms with Gasteiger partial charge in [-0.3, -0.25) is 4.57 Å². The highest BCUT2D eigenvalue weighted by atomic mass is 16.3. The second kappa shape index (κ2) is 6.29. The van der Waals surface area contributed by atoms with Crippen LogP contribution in [0.15, 0.2) is 83.3 Å². The summed E-state index contributed by atoms with van der Waals surface area (Å²) in [4.78, 5) is 9.80. The van der Waals surface area contributed by atoms with Gasteiger partial charge in [0, 0.05) is 22.2 Å². The summed E-state index contributed by atoms with van der Waals surface area (Å²) in [7, 11) is 0. The number of fused-ring (bicyclic) bond motifs is 4. The van der Waals surface area contributed by atoms with E-state index in [0.717, 1.165) is 55.9 Å². The lowest BCUT2D eigenvalue weighted by Gasteiger charge is -2.10. The zero-order valence-corrected chi connectivity index (χ0v) is 16.8. The highest BCUT2D eigenvalue weighted by Gasteiger charge is 2.21. The quantitative estimate of drug-likeness (QED) is 0.335. The molecule has 3 aromatic carbocycles. The molecule has 0 aliphatic heterocycles. The van der Waals surface area contributed by atoms with Crippen molar-refractivity contribution in [1.29, 1.82) is 0 Å². The number of para-hydroxylation sites is 2. The minimum Gasteiger partial charge on any atom is -0.455 e. The van der Waals surface area contributed by atoms with Crippen LogP contribution in [0.5, 0.6) is 0 Å². The molecule has 4 heteroatoms. The molecule has 0 saturated heterocycles. The number of furan rings is 1. The van der Waals surface area contributed by atoms with Crippen molar-refractivity contribution >= 4 is 33.1 Å². The van der Waals surface area contributed by atoms with Crippen LogP contribution >= 0.6 is 0 Å². The van der Waals surface area contributed by atoms with Crippen molar-refractivity contribution in [2.24, 2.45) is 0 Å². The van der Waals surface area contributed by atoms with Crippen LogP contribution in [0.25, 0.3) is 50.2 Å². The van der Waals surface area contributed by atoms with Crippen LogP contribution in [-0.2, 0) is 0 Å². The third-order valence-corrected chi connectivity index (χ3v) is 5.63. The van der Waals surface area contributed by atoms with Crippen LogP contribution < -0.4 is 0 Å². The summed E-state index contributed by atoms with van der Waals surface area (Å²) in [6.45, 7) is 4.13. The van der Waals surface area contributed by atoms with E-state index in [1.54, 1.807) is 0 Å². The molecule has 6 rings (SSSR count). The summed E-state index contributed by atoms with van der Waals surface area (Å²) < 4.78 is 8.48. The van der Waals surface area contributed by atoms with Gasteiger partial charge in [-0.2, -0.15) is 0 Å². The van der Waals surface area contributed by atoms with Crippen LogP contribution in [0, 0.1) is 13.8 Å². The van der Waals surface area contributed by atoms with Gasteiger partial charge in [-0.25, -0.2) is 9.97 Å². The van der Waals surface area contributed by atoms with Crippen molar-refractivity contribution in [1.82, 2.24) is 14.5 Å². The Morgan fingerprint density at radius 2 is 1.57 bits per heavy atom. The number of aryl methyl sites for hydroxylation is 2. The Kier molecular flexibility index (Phi) is 3.56. The zero-order chi connectivity index (χ0) is 20.2. The van der Waals surface area contributed by atoms with Gasteiger partial charge in [0.25, 0.3) is 0 Å². The third kappa shape index (κ3) is 2.40. The Bertz CT molecular complexity index is 1560. The summed E-state index contributed by atoms with van der Waals surface area (Å²) >= 11 is 0. The maximum atomic E-state index is 6.36. The molecule has 30 heavy (non-hydrogen) atoms. The Labute approximate surface area is 173 Å². The molecule has 0 aliphatic carbocycles. The standard InChI is InChI=1S/C26H19N3O/c1-16-12-14-20(24-23(16)19-10-6-7-11-22(19)30-24)25-28-21-15-13-17(2)27-26(21)29(25)18-8-4-3-5-9-18/h3-15H,1-2H3. The molecule has 0 saturated carbocycles. The Balaban J connectivity index is 1.76. The van der Waals surface area contributed by atoms with E-state index in [2.05, 4.69) is 47.9 Å². The molecule has 4 nitrogen and oxygen atoms in total. The predicted molar refractivity (Wildman–Crippen MR) is 121 cm³/mol. The molecule has 3 aromatic heterocycles. The molecule has 0 atom stereocenters. The fourth-order valence-electron chi connectivity index (χ4n) is 4.22. The molecular formula is C26H19N3O. The molecule has 0 spiro atoms. The third-order valence-electron chi connectivity index (χ3n) is 5.63. The van der Waals surface area contributed by atoms with E-state index < -0.39 is 0 Å². The van der Waals surface area contributed by atoms with Gasteiger partial charge < -0.3 is 4.42 Å². The van der Waals surface area contributed by atoms with E-state index in [1.165, 1.54) is 5.56 Å². The Hall–Kier alpha value is -3.92. The van der Waals surface area contributed by atoms with Crippen LogP contribution in [0.3, 0.4) is 0 Å². The number of imidazole rings is 1. The summed E-state index contributed by atoms with van der Waals surface area (Å²) in [5.41, 5.74) is 7.60. The maximum absolute atomic E-state index is 6.36. The lowest BCUT2D eigenvalue weighted by molar-refractivity contribution is 0.669. The van der Waals surface area contributed by atoms with E-state index in [0.29, 0.717) is 0 Å². The van der Waals surface area contributed by atoms with Gasteiger partial charge in [0.2, 0.25) is 0 Å². The van der Waals surface area contributed by atoms with Crippen molar-refractivity contribution in [3.63, 3.8) is 0 Å². The second-order valence-corrected chi connectivity index (χ2v) is 7.63. The van der Waals surface area contributed by atoms with Gasteiger partial charge in [0.1, 0.15) is 16.7 Å². The van der Waals surface area contributed by atoms with E-state index in [-0.39, 0.29) is 0 Å². The molecule has 0 radical (unpaired) electrons. The molecule has 0 bridgehead atoms. The van der Waals surface area contributed by atoms with Gasteiger partial charge in [0.15, 0.2) is 11.5 Å². The van der Waals surface area contributed by atoms with Crippen LogP contribution in [0.4, 0.5) is 0 Å². The van der Waals surface area contributed by atoms with Crippen molar-refractivity contribution in [2.75, 3.05) is 0 Å². The number of nitrogens with zero attached hydrogens (tertiary/aromatic N) is 3. The van der Waals surface area contributed by atoms with Gasteiger partial charge in [0.05, 0.1) is 5.56 Å². The lowest BCUT2D eigenvalue weighted by Crippen LogP contribution is -1.99. The molecule has 144 valence electrons. The van der Waals surface area contributed by atoms with E-state index in [9.17, 15) is 0 Å². The van der Waals surface area contributed by atoms with Gasteiger partial charge in [-0.05, 0) is 55.8 Å². The van der Waals surface area contributed by atoms with E-state index in [4.69, 9.17) is 14.4 Å². The molecule has 3 heterocycles. The number of hydrogen-bond donors (Lipinski definition) is 0. The van der Waals surface area contributed by atoms with Gasteiger partial charge in [-0.1, -0.05) is 42.5 Å². The predicted octanol–water partition coefficient (Wildman–Crippen LogP) is 6.60. The van der Waals surface area contributed by atoms with E-state index in [1.807, 2.05) is 49.4 Å². The molecular weight excluding hydrogens is 370 g/mol. The Morgan fingerprint density at radius 3 is 2.43 bits per heavy atom. The fraction of sp³-hybridized carbons (Fsp3) is 0.0769. The normalized spacial score (nSPS) is 11.7. The minimum atomic E-state index is 0.832. The summed E-state index contributed by atoms with van der Waals surface area (Å²) in [5, 5.41) is 2.27. The number of pyridine rings is 1. The van der Waals surface area contributed by atoms with Crippen LogP contribution in [0.1, 0.15) is 11.3 Å². The maximum Gasteiger partial charge on any atom is 0.165 e. The fourth-order valence-corrected chi connectivity index (χ4v) is 4.22. The van der Waals surface area contributed by atoms with E-state index >= 15 is 0 Å². The minimum absolute atomic E-state index is 0.832. The van der Waals surface area contributed by atoms with Crippen molar-refractivity contribution in [3.05, 3.63) is 90.1 Å². The number of benzene rings is 3. The first-order valence-corrected chi connectivity index (χ1v) is 10.0. The summed E-state index contributed by atoms with van der Waals surface area (Å²) in [6, 6.07) is 26.7. The number of hydrogen-bond acceptors (Lipinski definition) is 3. The van der Waals surface area contributed by atoms with Crippen LogP contribution in [-0.4, -0.2) is 14.5 Å². The smallest absolute Gasteiger partial charge is 0.165 e. The number of aromatic nitrogens is 3. The molecule has 0 fully saturated rings. The molecule has 0 N–H and O–H groups in total. The average Bonchev–Trinajstić information content (AvgIpc) is 3.33. The summed E-state index contributed by atoms with van der Waals surface area (Å²) in [6.07, 6.45) is 0. The van der Waals surface area contributed by atoms with Crippen molar-refractivity contribution in [3.8, 4) is 17.1 Å². The highest BCUT2D eigenvalue weighted by molar-refractivity contribution is 6.11. The molecule has 0 amide bonds. The van der Waals surface area contributed by atoms with Crippen molar-refractivity contribution in [2.45, 2.75) is 13.8 Å². The first kappa shape index (κ1) is 17.0. The van der Waals surface area contributed by atoms with Crippen LogP contribution in [0.2, 0.25) is 0 Å². The summed E-state index contributed by atoms with van der Waals surface area (Å²) in [5.74, 6) is 0.832. The highest BCUT2D eigenvalue weighted by Crippen LogP contribution is 2.39. The van der Waals surface area contributed by atoms with Gasteiger partial charge >= 0.3 is 0 Å². The first-order valence-electron chi connectivity index (χ1n) is 10.0. The average molecular weight is 389 g/mol. The largest absolute Gasteiger partial charge is 0.455 e.